The van der Waals surface area contributed by atoms with Crippen molar-refractivity contribution in [1.29, 1.82) is 5.26 Å². The molecule has 1 aromatic carbocycles. The molecular formula is C21H32N6O. The van der Waals surface area contributed by atoms with Crippen LogP contribution in [-0.4, -0.2) is 51.1 Å². The van der Waals surface area contributed by atoms with Crippen molar-refractivity contribution in [3.8, 4) is 6.07 Å². The van der Waals surface area contributed by atoms with Gasteiger partial charge in [-0.1, -0.05) is 32.9 Å². The first-order valence-corrected chi connectivity index (χ1v) is 9.84. The van der Waals surface area contributed by atoms with Gasteiger partial charge < -0.3 is 20.9 Å². The van der Waals surface area contributed by atoms with Gasteiger partial charge in [-0.25, -0.2) is 0 Å². The summed E-state index contributed by atoms with van der Waals surface area (Å²) in [6.07, 6.45) is 2.10. The van der Waals surface area contributed by atoms with E-state index in [-0.39, 0.29) is 17.4 Å². The largest absolute Gasteiger partial charge is 0.368 e. The average Bonchev–Trinajstić information content (AvgIpc) is 2.69. The molecule has 7 nitrogen and oxygen atoms in total. The molecule has 0 radical (unpaired) electrons. The van der Waals surface area contributed by atoms with Gasteiger partial charge in [0.2, 0.25) is 5.91 Å². The number of benzene rings is 1. The molecule has 152 valence electrons. The number of guanidine groups is 1. The first kappa shape index (κ1) is 21.5. The Bertz CT molecular complexity index is 731. The van der Waals surface area contributed by atoms with E-state index in [9.17, 15) is 10.1 Å². The molecule has 1 heterocycles. The first-order chi connectivity index (χ1) is 13.3. The third-order valence-corrected chi connectivity index (χ3v) is 4.74. The number of rotatable bonds is 5. The van der Waals surface area contributed by atoms with Crippen LogP contribution in [0, 0.1) is 16.7 Å². The van der Waals surface area contributed by atoms with Crippen molar-refractivity contribution >= 4 is 17.6 Å². The molecule has 1 unspecified atom stereocenters. The van der Waals surface area contributed by atoms with Crippen LogP contribution in [-0.2, 0) is 4.79 Å². The predicted molar refractivity (Wildman–Crippen MR) is 113 cm³/mol. The lowest BCUT2D eigenvalue weighted by molar-refractivity contribution is -0.128. The summed E-state index contributed by atoms with van der Waals surface area (Å²) in [6.45, 7) is 8.61. The molecule has 2 rings (SSSR count). The highest BCUT2D eigenvalue weighted by Gasteiger charge is 2.23. The van der Waals surface area contributed by atoms with Gasteiger partial charge in [0.25, 0.3) is 0 Å². The van der Waals surface area contributed by atoms with E-state index in [4.69, 9.17) is 0 Å². The standard InChI is InChI=1S/C21H32N6O/c1-21(2,3)19(28)24-11-12-25-20(23-4)26-17-9-7-13-27(15-17)18-10-6-5-8-16(18)14-22/h5-6,8,10,17H,7,9,11-13,15H2,1-4H3,(H,24,28)(H2,23,25,26). The zero-order valence-corrected chi connectivity index (χ0v) is 17.4. The van der Waals surface area contributed by atoms with E-state index < -0.39 is 0 Å². The van der Waals surface area contributed by atoms with E-state index in [0.717, 1.165) is 37.6 Å². The van der Waals surface area contributed by atoms with Crippen molar-refractivity contribution in [3.63, 3.8) is 0 Å². The van der Waals surface area contributed by atoms with Gasteiger partial charge in [0.05, 0.1) is 11.3 Å². The van der Waals surface area contributed by atoms with E-state index in [1.807, 2.05) is 45.0 Å². The molecule has 0 aromatic heterocycles. The second kappa shape index (κ2) is 9.98. The Hall–Kier alpha value is -2.75. The summed E-state index contributed by atoms with van der Waals surface area (Å²) in [5, 5.41) is 19.0. The monoisotopic (exact) mass is 384 g/mol. The minimum atomic E-state index is -0.384. The number of amides is 1. The normalized spacial score (nSPS) is 17.6. The summed E-state index contributed by atoms with van der Waals surface area (Å²) in [7, 11) is 1.74. The third kappa shape index (κ3) is 6.15. The van der Waals surface area contributed by atoms with Crippen LogP contribution in [0.15, 0.2) is 29.3 Å². The Balaban J connectivity index is 1.84. The summed E-state index contributed by atoms with van der Waals surface area (Å²) >= 11 is 0. The fourth-order valence-corrected chi connectivity index (χ4v) is 3.17. The van der Waals surface area contributed by atoms with Crippen LogP contribution < -0.4 is 20.9 Å². The number of para-hydroxylation sites is 1. The zero-order valence-electron chi connectivity index (χ0n) is 17.4. The van der Waals surface area contributed by atoms with E-state index >= 15 is 0 Å². The van der Waals surface area contributed by atoms with E-state index in [1.54, 1.807) is 7.05 Å². The lowest BCUT2D eigenvalue weighted by Crippen LogP contribution is -2.52. The van der Waals surface area contributed by atoms with Crippen LogP contribution >= 0.6 is 0 Å². The second-order valence-electron chi connectivity index (χ2n) is 8.06. The number of nitriles is 1. The second-order valence-corrected chi connectivity index (χ2v) is 8.06. The van der Waals surface area contributed by atoms with Crippen LogP contribution in [0.5, 0.6) is 0 Å². The van der Waals surface area contributed by atoms with Gasteiger partial charge in [-0.05, 0) is 25.0 Å². The van der Waals surface area contributed by atoms with Crippen molar-refractivity contribution in [1.82, 2.24) is 16.0 Å². The first-order valence-electron chi connectivity index (χ1n) is 9.84. The molecule has 3 N–H and O–H groups in total. The molecular weight excluding hydrogens is 352 g/mol. The van der Waals surface area contributed by atoms with Crippen molar-refractivity contribution in [2.24, 2.45) is 10.4 Å². The molecule has 0 bridgehead atoms. The van der Waals surface area contributed by atoms with E-state index in [1.165, 1.54) is 0 Å². The van der Waals surface area contributed by atoms with E-state index in [0.29, 0.717) is 18.7 Å². The fraction of sp³-hybridized carbons (Fsp3) is 0.571. The number of hydrogen-bond donors (Lipinski definition) is 3. The Kier molecular flexibility index (Phi) is 7.68. The van der Waals surface area contributed by atoms with Crippen molar-refractivity contribution in [2.75, 3.05) is 38.1 Å². The zero-order chi connectivity index (χ0) is 20.6. The molecule has 1 amide bonds. The number of nitrogens with one attached hydrogen (secondary N) is 3. The van der Waals surface area contributed by atoms with Crippen molar-refractivity contribution in [2.45, 2.75) is 39.7 Å². The maximum absolute atomic E-state index is 11.9. The van der Waals surface area contributed by atoms with Gasteiger partial charge in [0.1, 0.15) is 6.07 Å². The van der Waals surface area contributed by atoms with Crippen LogP contribution in [0.1, 0.15) is 39.2 Å². The molecule has 7 heteroatoms. The Morgan fingerprint density at radius 1 is 1.29 bits per heavy atom. The highest BCUT2D eigenvalue weighted by atomic mass is 16.2. The average molecular weight is 385 g/mol. The van der Waals surface area contributed by atoms with Crippen molar-refractivity contribution in [3.05, 3.63) is 29.8 Å². The summed E-state index contributed by atoms with van der Waals surface area (Å²) in [5.41, 5.74) is 1.31. The predicted octanol–water partition coefficient (Wildman–Crippen LogP) is 1.85. The molecule has 1 aliphatic heterocycles. The van der Waals surface area contributed by atoms with E-state index in [2.05, 4.69) is 31.9 Å². The number of carbonyl (C=O) groups is 1. The van der Waals surface area contributed by atoms with Gasteiger partial charge >= 0.3 is 0 Å². The summed E-state index contributed by atoms with van der Waals surface area (Å²) in [5.74, 6) is 0.766. The molecule has 0 aliphatic carbocycles. The topological polar surface area (TPSA) is 92.5 Å². The molecule has 1 saturated heterocycles. The molecule has 1 aromatic rings. The lowest BCUT2D eigenvalue weighted by atomic mass is 9.96. The van der Waals surface area contributed by atoms with Gasteiger partial charge in [-0.15, -0.1) is 0 Å². The highest BCUT2D eigenvalue weighted by molar-refractivity contribution is 5.82. The molecule has 1 atom stereocenters. The maximum Gasteiger partial charge on any atom is 0.225 e. The molecule has 0 saturated carbocycles. The van der Waals surface area contributed by atoms with Crippen LogP contribution in [0.2, 0.25) is 0 Å². The summed E-state index contributed by atoms with van der Waals surface area (Å²) < 4.78 is 0. The van der Waals surface area contributed by atoms with Crippen LogP contribution in [0.25, 0.3) is 0 Å². The van der Waals surface area contributed by atoms with Crippen molar-refractivity contribution < 1.29 is 4.79 Å². The number of nitrogens with zero attached hydrogens (tertiary/aromatic N) is 3. The SMILES string of the molecule is CN=C(NCCNC(=O)C(C)(C)C)NC1CCCN(c2ccccc2C#N)C1. The van der Waals surface area contributed by atoms with Gasteiger partial charge in [-0.3, -0.25) is 9.79 Å². The smallest absolute Gasteiger partial charge is 0.225 e. The minimum absolute atomic E-state index is 0.0383. The van der Waals surface area contributed by atoms with Crippen LogP contribution in [0.4, 0.5) is 5.69 Å². The molecule has 1 fully saturated rings. The number of carbonyl (C=O) groups excluding carboxylic acids is 1. The lowest BCUT2D eigenvalue weighted by Gasteiger charge is -2.35. The fourth-order valence-electron chi connectivity index (χ4n) is 3.17. The number of hydrogen-bond acceptors (Lipinski definition) is 4. The number of piperidine rings is 1. The Morgan fingerprint density at radius 2 is 2.00 bits per heavy atom. The maximum atomic E-state index is 11.9. The molecule has 0 spiro atoms. The molecule has 28 heavy (non-hydrogen) atoms. The summed E-state index contributed by atoms with van der Waals surface area (Å²) in [4.78, 5) is 18.5. The molecule has 1 aliphatic rings. The number of aliphatic imine (C=N–C) groups is 1. The minimum Gasteiger partial charge on any atom is -0.368 e. The quantitative estimate of drug-likeness (QED) is 0.409. The highest BCUT2D eigenvalue weighted by Crippen LogP contribution is 2.23. The van der Waals surface area contributed by atoms with Gasteiger partial charge in [0.15, 0.2) is 5.96 Å². The number of anilines is 1. The summed E-state index contributed by atoms with van der Waals surface area (Å²) in [6, 6.07) is 10.3. The van der Waals surface area contributed by atoms with Gasteiger partial charge in [0, 0.05) is 44.7 Å². The van der Waals surface area contributed by atoms with Crippen LogP contribution in [0.3, 0.4) is 0 Å². The Morgan fingerprint density at radius 3 is 2.68 bits per heavy atom. The Labute approximate surface area is 168 Å². The van der Waals surface area contributed by atoms with Gasteiger partial charge in [-0.2, -0.15) is 5.26 Å². The third-order valence-electron chi connectivity index (χ3n) is 4.74.